The third-order valence-corrected chi connectivity index (χ3v) is 5.21. The molecule has 0 radical (unpaired) electrons. The Balaban J connectivity index is 1.60. The van der Waals surface area contributed by atoms with Crippen LogP contribution in [0.1, 0.15) is 37.0 Å². The van der Waals surface area contributed by atoms with Crippen LogP contribution in [0.5, 0.6) is 0 Å². The highest BCUT2D eigenvalue weighted by molar-refractivity contribution is 6.02. The van der Waals surface area contributed by atoms with Gasteiger partial charge in [-0.3, -0.25) is 14.4 Å². The first kappa shape index (κ1) is 23.9. The van der Waals surface area contributed by atoms with E-state index in [9.17, 15) is 23.6 Å². The minimum Gasteiger partial charge on any atom is -0.454 e. The van der Waals surface area contributed by atoms with Gasteiger partial charge in [-0.15, -0.1) is 0 Å². The second kappa shape index (κ2) is 10.7. The van der Waals surface area contributed by atoms with Crippen molar-refractivity contribution in [2.24, 2.45) is 5.92 Å². The van der Waals surface area contributed by atoms with E-state index >= 15 is 0 Å². The molecular weight excluding hydrogens is 429 g/mol. The Morgan fingerprint density at radius 3 is 2.45 bits per heavy atom. The van der Waals surface area contributed by atoms with Crippen molar-refractivity contribution in [3.8, 4) is 0 Å². The van der Waals surface area contributed by atoms with Crippen molar-refractivity contribution in [1.29, 1.82) is 0 Å². The Hall–Kier alpha value is -3.75. The lowest BCUT2D eigenvalue weighted by Gasteiger charge is -2.22. The maximum absolute atomic E-state index is 13.9. The van der Waals surface area contributed by atoms with Gasteiger partial charge in [0.15, 0.2) is 6.61 Å². The molecule has 0 unspecified atom stereocenters. The third-order valence-electron chi connectivity index (χ3n) is 5.21. The molecule has 2 aromatic rings. The molecule has 2 aromatic carbocycles. The smallest absolute Gasteiger partial charge is 0.329 e. The first-order valence-corrected chi connectivity index (χ1v) is 10.7. The number of anilines is 2. The molecule has 0 aromatic heterocycles. The van der Waals surface area contributed by atoms with Gasteiger partial charge in [0.25, 0.3) is 11.8 Å². The van der Waals surface area contributed by atoms with Crippen molar-refractivity contribution < 1.29 is 28.3 Å². The molecule has 9 heteroatoms. The molecule has 1 aliphatic heterocycles. The number of nitrogens with zero attached hydrogens (tertiary/aromatic N) is 1. The summed E-state index contributed by atoms with van der Waals surface area (Å²) in [7, 11) is 0. The zero-order valence-corrected chi connectivity index (χ0v) is 18.5. The van der Waals surface area contributed by atoms with Gasteiger partial charge in [-0.2, -0.15) is 0 Å². The minimum absolute atomic E-state index is 0.0199. The lowest BCUT2D eigenvalue weighted by molar-refractivity contribution is -0.150. The number of carbonyl (C=O) groups is 4. The van der Waals surface area contributed by atoms with Crippen LogP contribution >= 0.6 is 0 Å². The number of nitrogens with one attached hydrogen (secondary N) is 2. The number of hydrogen-bond donors (Lipinski definition) is 2. The van der Waals surface area contributed by atoms with Crippen LogP contribution in [0.25, 0.3) is 0 Å². The molecule has 3 amide bonds. The summed E-state index contributed by atoms with van der Waals surface area (Å²) < 4.78 is 19.0. The van der Waals surface area contributed by atoms with E-state index in [0.29, 0.717) is 24.3 Å². The van der Waals surface area contributed by atoms with Crippen LogP contribution in [0.15, 0.2) is 48.5 Å². The Morgan fingerprint density at radius 1 is 1.09 bits per heavy atom. The molecule has 8 nitrogen and oxygen atoms in total. The first-order chi connectivity index (χ1) is 15.8. The van der Waals surface area contributed by atoms with Gasteiger partial charge in [0.05, 0.1) is 16.9 Å². The molecule has 0 spiro atoms. The highest BCUT2D eigenvalue weighted by atomic mass is 19.1. The quantitative estimate of drug-likeness (QED) is 0.596. The lowest BCUT2D eigenvalue weighted by Crippen LogP contribution is -2.46. The number of para-hydroxylation sites is 2. The molecule has 33 heavy (non-hydrogen) atoms. The molecule has 1 atom stereocenters. The van der Waals surface area contributed by atoms with E-state index in [1.807, 2.05) is 0 Å². The summed E-state index contributed by atoms with van der Waals surface area (Å²) in [6.45, 7) is 3.37. The van der Waals surface area contributed by atoms with E-state index in [-0.39, 0.29) is 17.4 Å². The van der Waals surface area contributed by atoms with Crippen molar-refractivity contribution in [3.05, 3.63) is 59.9 Å². The van der Waals surface area contributed by atoms with Crippen molar-refractivity contribution in [2.75, 3.05) is 23.4 Å². The van der Waals surface area contributed by atoms with Gasteiger partial charge in [-0.05, 0) is 36.6 Å². The number of halogens is 1. The topological polar surface area (TPSA) is 105 Å². The summed E-state index contributed by atoms with van der Waals surface area (Å²) in [4.78, 5) is 51.0. The second-order valence-corrected chi connectivity index (χ2v) is 8.00. The Bertz CT molecular complexity index is 1060. The molecular formula is C24H26FN3O5. The van der Waals surface area contributed by atoms with Gasteiger partial charge >= 0.3 is 5.97 Å². The maximum atomic E-state index is 13.9. The first-order valence-electron chi connectivity index (χ1n) is 10.7. The maximum Gasteiger partial charge on any atom is 0.329 e. The van der Waals surface area contributed by atoms with Crippen molar-refractivity contribution in [2.45, 2.75) is 32.7 Å². The van der Waals surface area contributed by atoms with Crippen molar-refractivity contribution in [3.63, 3.8) is 0 Å². The Kier molecular flexibility index (Phi) is 7.76. The molecule has 1 fully saturated rings. The normalized spacial score (nSPS) is 14.2. The standard InChI is InChI=1S/C24H26FN3O5/c1-15(2)22(27-23(31)16-8-3-4-9-17(16)25)24(32)33-14-20(29)26-18-10-5-6-11-19(18)28-13-7-12-21(28)30/h3-6,8-11,15,22H,7,12-14H2,1-2H3,(H,26,29)(H,27,31)/t22-/m0/s1. The molecule has 1 aliphatic rings. The predicted molar refractivity (Wildman–Crippen MR) is 120 cm³/mol. The molecule has 174 valence electrons. The largest absolute Gasteiger partial charge is 0.454 e. The second-order valence-electron chi connectivity index (χ2n) is 8.00. The minimum atomic E-state index is -1.07. The summed E-state index contributed by atoms with van der Waals surface area (Å²) in [6.07, 6.45) is 1.20. The average Bonchev–Trinajstić information content (AvgIpc) is 3.21. The fourth-order valence-corrected chi connectivity index (χ4v) is 3.49. The zero-order valence-electron chi connectivity index (χ0n) is 18.5. The lowest BCUT2D eigenvalue weighted by atomic mass is 10.0. The molecule has 0 aliphatic carbocycles. The van der Waals surface area contributed by atoms with E-state index in [2.05, 4.69) is 10.6 Å². The van der Waals surface area contributed by atoms with Crippen LogP contribution in [0, 0.1) is 11.7 Å². The molecule has 0 saturated carbocycles. The van der Waals surface area contributed by atoms with Crippen LogP contribution < -0.4 is 15.5 Å². The van der Waals surface area contributed by atoms with E-state index < -0.39 is 36.2 Å². The van der Waals surface area contributed by atoms with Crippen LogP contribution in [-0.4, -0.2) is 42.9 Å². The highest BCUT2D eigenvalue weighted by Gasteiger charge is 2.28. The van der Waals surface area contributed by atoms with E-state index in [1.54, 1.807) is 43.0 Å². The molecule has 0 bridgehead atoms. The monoisotopic (exact) mass is 455 g/mol. The zero-order chi connectivity index (χ0) is 24.0. The molecule has 1 heterocycles. The Labute approximate surface area is 191 Å². The van der Waals surface area contributed by atoms with E-state index in [1.165, 1.54) is 18.2 Å². The van der Waals surface area contributed by atoms with Crippen LogP contribution in [0.2, 0.25) is 0 Å². The van der Waals surface area contributed by atoms with Crippen LogP contribution in [0.4, 0.5) is 15.8 Å². The summed E-state index contributed by atoms with van der Waals surface area (Å²) >= 11 is 0. The van der Waals surface area contributed by atoms with Gasteiger partial charge in [0, 0.05) is 13.0 Å². The molecule has 1 saturated heterocycles. The predicted octanol–water partition coefficient (Wildman–Crippen LogP) is 2.89. The third kappa shape index (κ3) is 5.94. The van der Waals surface area contributed by atoms with Gasteiger partial charge in [0.1, 0.15) is 11.9 Å². The summed E-state index contributed by atoms with van der Waals surface area (Å²) in [5.41, 5.74) is 0.820. The fraction of sp³-hybridized carbons (Fsp3) is 0.333. The van der Waals surface area contributed by atoms with E-state index in [0.717, 1.165) is 12.5 Å². The van der Waals surface area contributed by atoms with Gasteiger partial charge in [-0.25, -0.2) is 9.18 Å². The van der Waals surface area contributed by atoms with Crippen molar-refractivity contribution >= 4 is 35.1 Å². The van der Waals surface area contributed by atoms with Gasteiger partial charge < -0.3 is 20.3 Å². The summed E-state index contributed by atoms with van der Waals surface area (Å²) in [5, 5.41) is 5.13. The molecule has 3 rings (SSSR count). The fourth-order valence-electron chi connectivity index (χ4n) is 3.49. The van der Waals surface area contributed by atoms with E-state index in [4.69, 9.17) is 4.74 Å². The van der Waals surface area contributed by atoms with Crippen molar-refractivity contribution in [1.82, 2.24) is 5.32 Å². The van der Waals surface area contributed by atoms with Crippen LogP contribution in [0.3, 0.4) is 0 Å². The number of amides is 3. The Morgan fingerprint density at radius 2 is 1.79 bits per heavy atom. The summed E-state index contributed by atoms with van der Waals surface area (Å²) in [5.74, 6) is -3.25. The van der Waals surface area contributed by atoms with Gasteiger partial charge in [-0.1, -0.05) is 38.1 Å². The number of hydrogen-bond acceptors (Lipinski definition) is 5. The summed E-state index contributed by atoms with van der Waals surface area (Å²) in [6, 6.07) is 11.2. The number of rotatable bonds is 8. The highest BCUT2D eigenvalue weighted by Crippen LogP contribution is 2.29. The average molecular weight is 455 g/mol. The van der Waals surface area contributed by atoms with Crippen LogP contribution in [-0.2, 0) is 19.1 Å². The molecule has 2 N–H and O–H groups in total. The van der Waals surface area contributed by atoms with Gasteiger partial charge in [0.2, 0.25) is 5.91 Å². The SMILES string of the molecule is CC(C)[C@H](NC(=O)c1ccccc1F)C(=O)OCC(=O)Nc1ccccc1N1CCCC1=O. The number of carbonyl (C=O) groups excluding carboxylic acids is 4. The number of ether oxygens (including phenoxy) is 1. The number of benzene rings is 2. The number of esters is 1.